The Kier molecular flexibility index (Phi) is 6.77. The third kappa shape index (κ3) is 4.48. The average Bonchev–Trinajstić information content (AvgIpc) is 3.56. The summed E-state index contributed by atoms with van der Waals surface area (Å²) in [6.45, 7) is 8.94. The summed E-state index contributed by atoms with van der Waals surface area (Å²) in [5, 5.41) is 8.34. The molecule has 0 saturated carbocycles. The highest BCUT2D eigenvalue weighted by atomic mass is 16.5. The van der Waals surface area contributed by atoms with Gasteiger partial charge in [0.25, 0.3) is 11.8 Å². The summed E-state index contributed by atoms with van der Waals surface area (Å²) in [5.41, 5.74) is 2.72. The molecule has 0 bridgehead atoms. The third-order valence-corrected chi connectivity index (χ3v) is 5.35. The van der Waals surface area contributed by atoms with Crippen LogP contribution in [0.2, 0.25) is 0 Å². The van der Waals surface area contributed by atoms with Crippen molar-refractivity contribution in [3.05, 3.63) is 73.1 Å². The minimum Gasteiger partial charge on any atom is -0.470 e. The van der Waals surface area contributed by atoms with Crippen LogP contribution in [0.4, 0.5) is 0 Å². The number of imidazole rings is 1. The van der Waals surface area contributed by atoms with Crippen LogP contribution in [0.25, 0.3) is 17.4 Å². The minimum absolute atomic E-state index is 0.0675. The molecular formula is C24H27N7O2. The second-order valence-corrected chi connectivity index (χ2v) is 7.28. The Bertz CT molecular complexity index is 1230. The second-order valence-electron chi connectivity index (χ2n) is 7.28. The monoisotopic (exact) mass is 445 g/mol. The van der Waals surface area contributed by atoms with Crippen molar-refractivity contribution in [1.82, 2.24) is 34.3 Å². The van der Waals surface area contributed by atoms with Crippen molar-refractivity contribution in [2.45, 2.75) is 32.8 Å². The molecule has 0 aliphatic carbocycles. The summed E-state index contributed by atoms with van der Waals surface area (Å²) < 4.78 is 8.08. The molecule has 1 amide bonds. The van der Waals surface area contributed by atoms with Gasteiger partial charge in [-0.3, -0.25) is 9.20 Å². The molecule has 0 radical (unpaired) electrons. The number of ether oxygens (including phenoxy) is 1. The van der Waals surface area contributed by atoms with Crippen molar-refractivity contribution in [2.24, 2.45) is 0 Å². The zero-order valence-electron chi connectivity index (χ0n) is 18.8. The molecule has 1 aromatic carbocycles. The molecule has 1 atom stereocenters. The van der Waals surface area contributed by atoms with Crippen molar-refractivity contribution >= 4 is 17.6 Å². The Morgan fingerprint density at radius 2 is 1.94 bits per heavy atom. The minimum atomic E-state index is -0.171. The van der Waals surface area contributed by atoms with E-state index in [2.05, 4.69) is 26.7 Å². The smallest absolute Gasteiger partial charge is 0.258 e. The summed E-state index contributed by atoms with van der Waals surface area (Å²) >= 11 is 0. The predicted molar refractivity (Wildman–Crippen MR) is 125 cm³/mol. The Morgan fingerprint density at radius 1 is 1.15 bits per heavy atom. The summed E-state index contributed by atoms with van der Waals surface area (Å²) in [5.74, 6) is 0.387. The van der Waals surface area contributed by atoms with Gasteiger partial charge in [-0.25, -0.2) is 9.97 Å². The maximum absolute atomic E-state index is 13.3. The molecule has 1 saturated heterocycles. The molecule has 170 valence electrons. The standard InChI is InChI=1S/C22H21N7O2.C2H6/c1-2-16-14-24-20-21(23-11-13-28(16)20)31-17-6-5-12-27(15-17)22(30)18-7-3-4-8-19(18)29-25-9-10-26-29;1-2/h2-4,7-11,13-14,17H,1,5-6,12,15H2;1-2H3. The van der Waals surface area contributed by atoms with Gasteiger partial charge in [0.15, 0.2) is 0 Å². The number of hydrogen-bond donors (Lipinski definition) is 0. The molecule has 33 heavy (non-hydrogen) atoms. The van der Waals surface area contributed by atoms with Gasteiger partial charge in [0, 0.05) is 18.9 Å². The molecule has 0 N–H and O–H groups in total. The van der Waals surface area contributed by atoms with Crippen LogP contribution < -0.4 is 4.74 Å². The average molecular weight is 446 g/mol. The van der Waals surface area contributed by atoms with Crippen molar-refractivity contribution in [3.8, 4) is 11.6 Å². The number of likely N-dealkylation sites (tertiary alicyclic amines) is 1. The van der Waals surface area contributed by atoms with E-state index in [1.807, 2.05) is 47.5 Å². The lowest BCUT2D eigenvalue weighted by molar-refractivity contribution is 0.0530. The van der Waals surface area contributed by atoms with Crippen LogP contribution in [-0.2, 0) is 0 Å². The summed E-state index contributed by atoms with van der Waals surface area (Å²) in [4.78, 5) is 25.4. The number of benzene rings is 1. The maximum atomic E-state index is 13.3. The first kappa shape index (κ1) is 22.2. The van der Waals surface area contributed by atoms with Gasteiger partial charge >= 0.3 is 0 Å². The highest BCUT2D eigenvalue weighted by molar-refractivity contribution is 5.97. The van der Waals surface area contributed by atoms with E-state index in [-0.39, 0.29) is 12.0 Å². The van der Waals surface area contributed by atoms with Crippen LogP contribution in [-0.4, -0.2) is 59.4 Å². The lowest BCUT2D eigenvalue weighted by atomic mass is 10.1. The number of fused-ring (bicyclic) bond motifs is 1. The molecule has 3 aromatic heterocycles. The van der Waals surface area contributed by atoms with E-state index >= 15 is 0 Å². The van der Waals surface area contributed by atoms with Gasteiger partial charge in [-0.1, -0.05) is 32.6 Å². The Balaban J connectivity index is 0.00000126. The number of amides is 1. The highest BCUT2D eigenvalue weighted by Gasteiger charge is 2.28. The van der Waals surface area contributed by atoms with Crippen molar-refractivity contribution < 1.29 is 9.53 Å². The van der Waals surface area contributed by atoms with Gasteiger partial charge in [0.2, 0.25) is 5.65 Å². The Hall–Kier alpha value is -4.01. The third-order valence-electron chi connectivity index (χ3n) is 5.35. The fourth-order valence-corrected chi connectivity index (χ4v) is 3.86. The number of carbonyl (C=O) groups excluding carboxylic acids is 1. The van der Waals surface area contributed by atoms with Gasteiger partial charge in [0.1, 0.15) is 6.10 Å². The largest absolute Gasteiger partial charge is 0.470 e. The molecule has 1 fully saturated rings. The van der Waals surface area contributed by atoms with Gasteiger partial charge in [-0.2, -0.15) is 15.0 Å². The Morgan fingerprint density at radius 3 is 2.73 bits per heavy atom. The zero-order chi connectivity index (χ0) is 23.2. The van der Waals surface area contributed by atoms with Gasteiger partial charge < -0.3 is 9.64 Å². The summed E-state index contributed by atoms with van der Waals surface area (Å²) in [6.07, 6.45) is 11.7. The van der Waals surface area contributed by atoms with Crippen molar-refractivity contribution in [3.63, 3.8) is 0 Å². The lowest BCUT2D eigenvalue weighted by Gasteiger charge is -2.33. The van der Waals surface area contributed by atoms with Crippen LogP contribution in [0.1, 0.15) is 42.7 Å². The van der Waals surface area contributed by atoms with E-state index in [0.717, 1.165) is 18.5 Å². The highest BCUT2D eigenvalue weighted by Crippen LogP contribution is 2.23. The van der Waals surface area contributed by atoms with E-state index in [9.17, 15) is 4.79 Å². The van der Waals surface area contributed by atoms with Crippen LogP contribution in [0.15, 0.2) is 61.8 Å². The quantitative estimate of drug-likeness (QED) is 0.466. The molecule has 1 aliphatic rings. The van der Waals surface area contributed by atoms with Crippen LogP contribution in [0, 0.1) is 0 Å². The number of para-hydroxylation sites is 1. The number of aromatic nitrogens is 6. The molecule has 1 aliphatic heterocycles. The molecule has 9 nitrogen and oxygen atoms in total. The first-order valence-corrected chi connectivity index (χ1v) is 11.1. The molecular weight excluding hydrogens is 418 g/mol. The van der Waals surface area contributed by atoms with E-state index in [1.54, 1.807) is 36.9 Å². The lowest BCUT2D eigenvalue weighted by Crippen LogP contribution is -2.44. The topological polar surface area (TPSA) is 90.4 Å². The molecule has 4 aromatic rings. The predicted octanol–water partition coefficient (Wildman–Crippen LogP) is 3.66. The normalized spacial score (nSPS) is 15.6. The first-order valence-electron chi connectivity index (χ1n) is 11.1. The van der Waals surface area contributed by atoms with Crippen LogP contribution >= 0.6 is 0 Å². The van der Waals surface area contributed by atoms with E-state index in [1.165, 1.54) is 4.80 Å². The fourth-order valence-electron chi connectivity index (χ4n) is 3.86. The zero-order valence-corrected chi connectivity index (χ0v) is 18.8. The van der Waals surface area contributed by atoms with Crippen LogP contribution in [0.5, 0.6) is 5.88 Å². The number of nitrogens with zero attached hydrogens (tertiary/aromatic N) is 7. The number of hydrogen-bond acceptors (Lipinski definition) is 6. The number of carbonyl (C=O) groups is 1. The summed E-state index contributed by atoms with van der Waals surface area (Å²) in [6, 6.07) is 7.35. The van der Waals surface area contributed by atoms with E-state index < -0.39 is 0 Å². The second kappa shape index (κ2) is 10.1. The Labute approximate surface area is 192 Å². The molecule has 1 unspecified atom stereocenters. The van der Waals surface area contributed by atoms with E-state index in [4.69, 9.17) is 4.74 Å². The summed E-state index contributed by atoms with van der Waals surface area (Å²) in [7, 11) is 0. The molecule has 5 rings (SSSR count). The van der Waals surface area contributed by atoms with Crippen molar-refractivity contribution in [2.75, 3.05) is 13.1 Å². The van der Waals surface area contributed by atoms with Gasteiger partial charge in [-0.05, 0) is 31.1 Å². The molecule has 0 spiro atoms. The number of piperidine rings is 1. The van der Waals surface area contributed by atoms with Crippen molar-refractivity contribution in [1.29, 1.82) is 0 Å². The number of rotatable bonds is 5. The van der Waals surface area contributed by atoms with Crippen LogP contribution in [0.3, 0.4) is 0 Å². The van der Waals surface area contributed by atoms with Gasteiger partial charge in [0.05, 0.1) is 42.1 Å². The first-order chi connectivity index (χ1) is 16.2. The van der Waals surface area contributed by atoms with Gasteiger partial charge in [-0.15, -0.1) is 0 Å². The molecule has 9 heteroatoms. The maximum Gasteiger partial charge on any atom is 0.258 e. The van der Waals surface area contributed by atoms with E-state index in [0.29, 0.717) is 35.9 Å². The SMILES string of the molecule is C=Cc1cnc2c(OC3CCCN(C(=O)c4ccccc4-n4nccn4)C3)nccn12.CC. The molecule has 4 heterocycles. The fraction of sp³-hybridized carbons (Fsp3) is 0.292.